The van der Waals surface area contributed by atoms with Crippen LogP contribution < -0.4 is 0 Å². The maximum atomic E-state index is 15.0. The first-order valence-corrected chi connectivity index (χ1v) is 12.8. The largest absolute Gasteiger partial charge is 0.389 e. The van der Waals surface area contributed by atoms with E-state index in [1.54, 1.807) is 12.1 Å². The molecule has 7 heteroatoms. The zero-order chi connectivity index (χ0) is 26.3. The lowest BCUT2D eigenvalue weighted by Crippen LogP contribution is -2.15. The molecule has 0 amide bonds. The van der Waals surface area contributed by atoms with Crippen molar-refractivity contribution in [3.05, 3.63) is 93.8 Å². The van der Waals surface area contributed by atoms with Gasteiger partial charge in [0.05, 0.1) is 12.7 Å². The van der Waals surface area contributed by atoms with E-state index < -0.39 is 41.3 Å². The highest BCUT2D eigenvalue weighted by atomic mass is 19.2. The second kappa shape index (κ2) is 10.5. The number of aryl methyl sites for hydroxylation is 1. The molecule has 0 spiro atoms. The lowest BCUT2D eigenvalue weighted by molar-refractivity contribution is 0.192. The van der Waals surface area contributed by atoms with Gasteiger partial charge in [-0.3, -0.25) is 0 Å². The van der Waals surface area contributed by atoms with E-state index in [1.807, 2.05) is 0 Å². The fraction of sp³-hybridized carbons (Fsp3) is 0.400. The fourth-order valence-electron chi connectivity index (χ4n) is 5.52. The number of hydrogen-bond donors (Lipinski definition) is 1. The van der Waals surface area contributed by atoms with Crippen LogP contribution in [0.25, 0.3) is 11.1 Å². The van der Waals surface area contributed by atoms with Gasteiger partial charge >= 0.3 is 0 Å². The lowest BCUT2D eigenvalue weighted by atomic mass is 9.76. The Labute approximate surface area is 213 Å². The van der Waals surface area contributed by atoms with E-state index >= 15 is 4.39 Å². The molecule has 196 valence electrons. The Balaban J connectivity index is 1.20. The van der Waals surface area contributed by atoms with Crippen molar-refractivity contribution >= 4 is 0 Å². The minimum absolute atomic E-state index is 0.0213. The number of benzene rings is 3. The third kappa shape index (κ3) is 5.30. The molecule has 37 heavy (non-hydrogen) atoms. The molecule has 2 unspecified atom stereocenters. The van der Waals surface area contributed by atoms with Crippen LogP contribution in [0, 0.1) is 35.0 Å². The third-order valence-corrected chi connectivity index (χ3v) is 7.86. The van der Waals surface area contributed by atoms with Crippen molar-refractivity contribution in [1.29, 1.82) is 0 Å². The average Bonchev–Trinajstić information content (AvgIpc) is 3.72. The molecule has 0 aromatic heterocycles. The Bertz CT molecular complexity index is 1290. The Morgan fingerprint density at radius 2 is 1.54 bits per heavy atom. The van der Waals surface area contributed by atoms with Crippen LogP contribution in [0.4, 0.5) is 22.0 Å². The molecule has 1 saturated heterocycles. The predicted octanol–water partition coefficient (Wildman–Crippen LogP) is 8.08. The SMILES string of the molecule is CC(O)c1ccc(CCC2CCC(c3ccc(-c4ccc(C5CO5)c(F)c4F)c(F)c3)CC2)c(F)c1F. The van der Waals surface area contributed by atoms with Crippen LogP contribution in [-0.2, 0) is 11.2 Å². The summed E-state index contributed by atoms with van der Waals surface area (Å²) in [5.74, 6) is -4.04. The first-order chi connectivity index (χ1) is 17.7. The van der Waals surface area contributed by atoms with Crippen LogP contribution in [-0.4, -0.2) is 11.7 Å². The second-order valence-corrected chi connectivity index (χ2v) is 10.3. The fourth-order valence-corrected chi connectivity index (χ4v) is 5.52. The van der Waals surface area contributed by atoms with Gasteiger partial charge in [-0.15, -0.1) is 0 Å². The van der Waals surface area contributed by atoms with E-state index in [1.165, 1.54) is 37.3 Å². The zero-order valence-corrected chi connectivity index (χ0v) is 20.5. The third-order valence-electron chi connectivity index (χ3n) is 7.86. The summed E-state index contributed by atoms with van der Waals surface area (Å²) in [5.41, 5.74) is 1.15. The van der Waals surface area contributed by atoms with Gasteiger partial charge in [-0.05, 0) is 74.5 Å². The van der Waals surface area contributed by atoms with Crippen molar-refractivity contribution in [1.82, 2.24) is 0 Å². The zero-order valence-electron chi connectivity index (χ0n) is 20.5. The molecular formula is C30H29F5O2. The molecule has 2 aliphatic rings. The summed E-state index contributed by atoms with van der Waals surface area (Å²) in [5, 5.41) is 9.55. The van der Waals surface area contributed by atoms with Crippen molar-refractivity contribution in [2.75, 3.05) is 6.61 Å². The smallest absolute Gasteiger partial charge is 0.167 e. The number of epoxide rings is 1. The van der Waals surface area contributed by atoms with Gasteiger partial charge in [-0.2, -0.15) is 0 Å². The monoisotopic (exact) mass is 516 g/mol. The van der Waals surface area contributed by atoms with Crippen LogP contribution in [0.1, 0.15) is 79.4 Å². The minimum Gasteiger partial charge on any atom is -0.389 e. The molecule has 1 heterocycles. The highest BCUT2D eigenvalue weighted by Gasteiger charge is 2.31. The Hall–Kier alpha value is -2.77. The van der Waals surface area contributed by atoms with E-state index in [4.69, 9.17) is 4.74 Å². The number of hydrogen-bond acceptors (Lipinski definition) is 2. The van der Waals surface area contributed by atoms with E-state index in [0.29, 0.717) is 24.5 Å². The van der Waals surface area contributed by atoms with Crippen LogP contribution in [0.2, 0.25) is 0 Å². The molecule has 1 aliphatic heterocycles. The van der Waals surface area contributed by atoms with E-state index in [9.17, 15) is 22.7 Å². The van der Waals surface area contributed by atoms with E-state index in [2.05, 4.69) is 0 Å². The van der Waals surface area contributed by atoms with Gasteiger partial charge in [0.25, 0.3) is 0 Å². The number of halogens is 5. The first kappa shape index (κ1) is 25.9. The van der Waals surface area contributed by atoms with Crippen molar-refractivity contribution in [2.45, 2.75) is 63.6 Å². The van der Waals surface area contributed by atoms with Crippen molar-refractivity contribution < 1.29 is 31.8 Å². The van der Waals surface area contributed by atoms with Crippen LogP contribution in [0.15, 0.2) is 42.5 Å². The Morgan fingerprint density at radius 3 is 2.19 bits per heavy atom. The first-order valence-electron chi connectivity index (χ1n) is 12.8. The van der Waals surface area contributed by atoms with Crippen LogP contribution >= 0.6 is 0 Å². The van der Waals surface area contributed by atoms with Gasteiger partial charge in [-0.1, -0.05) is 36.4 Å². The van der Waals surface area contributed by atoms with Gasteiger partial charge in [0.1, 0.15) is 11.9 Å². The van der Waals surface area contributed by atoms with Gasteiger partial charge in [-0.25, -0.2) is 22.0 Å². The molecule has 3 aromatic rings. The summed E-state index contributed by atoms with van der Waals surface area (Å²) in [6, 6.07) is 10.5. The van der Waals surface area contributed by atoms with Gasteiger partial charge in [0.2, 0.25) is 0 Å². The average molecular weight is 517 g/mol. The van der Waals surface area contributed by atoms with Crippen LogP contribution in [0.5, 0.6) is 0 Å². The molecular weight excluding hydrogens is 487 g/mol. The van der Waals surface area contributed by atoms with E-state index in [0.717, 1.165) is 37.7 Å². The summed E-state index contributed by atoms with van der Waals surface area (Å²) >= 11 is 0. The number of rotatable bonds is 7. The summed E-state index contributed by atoms with van der Waals surface area (Å²) in [6.45, 7) is 1.75. The lowest BCUT2D eigenvalue weighted by Gasteiger charge is -2.29. The Morgan fingerprint density at radius 1 is 0.838 bits per heavy atom. The highest BCUT2D eigenvalue weighted by molar-refractivity contribution is 5.66. The molecule has 1 saturated carbocycles. The molecule has 0 bridgehead atoms. The molecule has 0 radical (unpaired) electrons. The summed E-state index contributed by atoms with van der Waals surface area (Å²) < 4.78 is 77.7. The maximum Gasteiger partial charge on any atom is 0.167 e. The summed E-state index contributed by atoms with van der Waals surface area (Å²) in [7, 11) is 0. The van der Waals surface area contributed by atoms with Crippen LogP contribution in [0.3, 0.4) is 0 Å². The topological polar surface area (TPSA) is 32.8 Å². The normalized spacial score (nSPS) is 22.2. The second-order valence-electron chi connectivity index (χ2n) is 10.3. The maximum absolute atomic E-state index is 15.0. The minimum atomic E-state index is -1.07. The summed E-state index contributed by atoms with van der Waals surface area (Å²) in [4.78, 5) is 0. The van der Waals surface area contributed by atoms with Gasteiger partial charge in [0, 0.05) is 22.3 Å². The summed E-state index contributed by atoms with van der Waals surface area (Å²) in [6.07, 6.45) is 3.07. The molecule has 2 fully saturated rings. The van der Waals surface area contributed by atoms with Gasteiger partial charge < -0.3 is 9.84 Å². The molecule has 1 aliphatic carbocycles. The number of aliphatic hydroxyl groups is 1. The van der Waals surface area contributed by atoms with E-state index in [-0.39, 0.29) is 28.2 Å². The standard InChI is InChI=1S/C30H29F5O2/c1-16(36)21-10-8-19(27(32)28(21)33)7-4-17-2-5-18(6-3-17)20-9-11-22(25(31)14-20)23-12-13-24(26-15-37-26)30(35)29(23)34/h8-14,16-18,26,36H,2-7,15H2,1H3. The van der Waals surface area contributed by atoms with Gasteiger partial charge in [0.15, 0.2) is 23.3 Å². The molecule has 1 N–H and O–H groups in total. The quantitative estimate of drug-likeness (QED) is 0.254. The number of ether oxygens (including phenoxy) is 1. The molecule has 5 rings (SSSR count). The molecule has 2 atom stereocenters. The molecule has 2 nitrogen and oxygen atoms in total. The van der Waals surface area contributed by atoms with Crippen molar-refractivity contribution in [3.8, 4) is 11.1 Å². The van der Waals surface area contributed by atoms with Crippen molar-refractivity contribution in [3.63, 3.8) is 0 Å². The highest BCUT2D eigenvalue weighted by Crippen LogP contribution is 2.40. The Kier molecular flexibility index (Phi) is 7.37. The molecule has 3 aromatic carbocycles. The predicted molar refractivity (Wildman–Crippen MR) is 130 cm³/mol. The number of aliphatic hydroxyl groups excluding tert-OH is 1. The van der Waals surface area contributed by atoms with Crippen molar-refractivity contribution in [2.24, 2.45) is 5.92 Å².